The summed E-state index contributed by atoms with van der Waals surface area (Å²) < 4.78 is 11.3. The minimum absolute atomic E-state index is 0.116. The molecular weight excluding hydrogens is 228 g/mol. The SMILES string of the molecule is C=CCC(O[Si](C)(C)C)c1ccc(OC)cc1. The van der Waals surface area contributed by atoms with Crippen molar-refractivity contribution in [2.24, 2.45) is 0 Å². The minimum atomic E-state index is -1.54. The summed E-state index contributed by atoms with van der Waals surface area (Å²) in [4.78, 5) is 0. The lowest BCUT2D eigenvalue weighted by Gasteiger charge is -2.26. The molecule has 1 aromatic carbocycles. The average Bonchev–Trinajstić information content (AvgIpc) is 2.27. The summed E-state index contributed by atoms with van der Waals surface area (Å²) in [5.41, 5.74) is 1.19. The van der Waals surface area contributed by atoms with Crippen LogP contribution in [0.25, 0.3) is 0 Å². The lowest BCUT2D eigenvalue weighted by atomic mass is 10.1. The number of ether oxygens (including phenoxy) is 1. The Labute approximate surface area is 105 Å². The van der Waals surface area contributed by atoms with Crippen LogP contribution in [0.1, 0.15) is 18.1 Å². The Balaban J connectivity index is 2.85. The fourth-order valence-electron chi connectivity index (χ4n) is 1.65. The Hall–Kier alpha value is -1.06. The number of rotatable bonds is 6. The van der Waals surface area contributed by atoms with E-state index >= 15 is 0 Å². The first-order valence-electron chi connectivity index (χ1n) is 5.89. The van der Waals surface area contributed by atoms with Gasteiger partial charge in [0, 0.05) is 0 Å². The third kappa shape index (κ3) is 4.75. The highest BCUT2D eigenvalue weighted by Crippen LogP contribution is 2.27. The number of benzene rings is 1. The lowest BCUT2D eigenvalue weighted by Crippen LogP contribution is -2.27. The molecule has 0 aromatic heterocycles. The summed E-state index contributed by atoms with van der Waals surface area (Å²) in [6.45, 7) is 10.4. The molecule has 0 N–H and O–H groups in total. The van der Waals surface area contributed by atoms with Crippen LogP contribution in [0.15, 0.2) is 36.9 Å². The second kappa shape index (κ2) is 6.03. The Bertz CT molecular complexity index is 351. The number of hydrogen-bond acceptors (Lipinski definition) is 2. The van der Waals surface area contributed by atoms with Crippen molar-refractivity contribution in [2.75, 3.05) is 7.11 Å². The zero-order valence-corrected chi connectivity index (χ0v) is 12.2. The second-order valence-corrected chi connectivity index (χ2v) is 9.48. The lowest BCUT2D eigenvalue weighted by molar-refractivity contribution is 0.201. The van der Waals surface area contributed by atoms with Gasteiger partial charge in [-0.15, -0.1) is 6.58 Å². The van der Waals surface area contributed by atoms with Crippen molar-refractivity contribution in [1.82, 2.24) is 0 Å². The molecule has 0 heterocycles. The highest BCUT2D eigenvalue weighted by atomic mass is 28.4. The summed E-state index contributed by atoms with van der Waals surface area (Å²) in [5.74, 6) is 0.874. The Morgan fingerprint density at radius 3 is 2.24 bits per heavy atom. The smallest absolute Gasteiger partial charge is 0.184 e. The molecule has 2 nitrogen and oxygen atoms in total. The standard InChI is InChI=1S/C14H22O2Si/c1-6-7-14(16-17(3,4)5)12-8-10-13(15-2)11-9-12/h6,8-11,14H,1,7H2,2-5H3. The first-order valence-corrected chi connectivity index (χ1v) is 9.30. The third-order valence-electron chi connectivity index (χ3n) is 2.36. The molecule has 0 spiro atoms. The van der Waals surface area contributed by atoms with Gasteiger partial charge in [0.05, 0.1) is 13.2 Å². The van der Waals surface area contributed by atoms with Gasteiger partial charge in [-0.25, -0.2) is 0 Å². The van der Waals surface area contributed by atoms with E-state index in [0.717, 1.165) is 12.2 Å². The maximum Gasteiger partial charge on any atom is 0.184 e. The van der Waals surface area contributed by atoms with Gasteiger partial charge in [-0.2, -0.15) is 0 Å². The molecule has 0 fully saturated rings. The first kappa shape index (κ1) is 14.0. The molecule has 17 heavy (non-hydrogen) atoms. The van der Waals surface area contributed by atoms with Crippen molar-refractivity contribution in [3.8, 4) is 5.75 Å². The van der Waals surface area contributed by atoms with Gasteiger partial charge in [0.2, 0.25) is 0 Å². The monoisotopic (exact) mass is 250 g/mol. The van der Waals surface area contributed by atoms with E-state index in [-0.39, 0.29) is 6.10 Å². The quantitative estimate of drug-likeness (QED) is 0.557. The van der Waals surface area contributed by atoms with Gasteiger partial charge in [-0.1, -0.05) is 18.2 Å². The molecule has 0 saturated heterocycles. The van der Waals surface area contributed by atoms with Crippen LogP contribution < -0.4 is 4.74 Å². The van der Waals surface area contributed by atoms with Crippen molar-refractivity contribution < 1.29 is 9.16 Å². The highest BCUT2D eigenvalue weighted by Gasteiger charge is 2.21. The first-order chi connectivity index (χ1) is 7.96. The predicted octanol–water partition coefficient (Wildman–Crippen LogP) is 4.16. The molecule has 0 saturated carbocycles. The molecule has 0 amide bonds. The summed E-state index contributed by atoms with van der Waals surface area (Å²) in [6, 6.07) is 8.07. The van der Waals surface area contributed by atoms with E-state index in [4.69, 9.17) is 9.16 Å². The van der Waals surface area contributed by atoms with Gasteiger partial charge in [-0.3, -0.25) is 0 Å². The fraction of sp³-hybridized carbons (Fsp3) is 0.429. The normalized spacial score (nSPS) is 13.2. The molecule has 0 aliphatic rings. The van der Waals surface area contributed by atoms with Crippen LogP contribution in [-0.4, -0.2) is 15.4 Å². The topological polar surface area (TPSA) is 18.5 Å². The second-order valence-electron chi connectivity index (χ2n) is 5.02. The van der Waals surface area contributed by atoms with Crippen LogP contribution >= 0.6 is 0 Å². The van der Waals surface area contributed by atoms with Crippen molar-refractivity contribution in [3.05, 3.63) is 42.5 Å². The van der Waals surface area contributed by atoms with E-state index in [0.29, 0.717) is 0 Å². The molecule has 1 aromatic rings. The van der Waals surface area contributed by atoms with Gasteiger partial charge in [0.1, 0.15) is 5.75 Å². The molecule has 94 valence electrons. The van der Waals surface area contributed by atoms with Gasteiger partial charge >= 0.3 is 0 Å². The summed E-state index contributed by atoms with van der Waals surface area (Å²) in [5, 5.41) is 0. The maximum atomic E-state index is 6.16. The number of hydrogen-bond donors (Lipinski definition) is 0. The van der Waals surface area contributed by atoms with Crippen molar-refractivity contribution in [1.29, 1.82) is 0 Å². The van der Waals surface area contributed by atoms with Crippen LogP contribution in [0.3, 0.4) is 0 Å². The molecule has 0 bridgehead atoms. The van der Waals surface area contributed by atoms with Gasteiger partial charge in [0.25, 0.3) is 0 Å². The minimum Gasteiger partial charge on any atom is -0.497 e. The zero-order chi connectivity index (χ0) is 12.9. The Kier molecular flexibility index (Phi) is 4.96. The molecular formula is C14H22O2Si. The number of methoxy groups -OCH3 is 1. The molecule has 0 aliphatic heterocycles. The molecule has 3 heteroatoms. The maximum absolute atomic E-state index is 6.16. The van der Waals surface area contributed by atoms with Crippen molar-refractivity contribution >= 4 is 8.32 Å². The van der Waals surface area contributed by atoms with Gasteiger partial charge in [-0.05, 0) is 43.8 Å². The van der Waals surface area contributed by atoms with Gasteiger partial charge < -0.3 is 9.16 Å². The van der Waals surface area contributed by atoms with Crippen LogP contribution in [0.5, 0.6) is 5.75 Å². The Morgan fingerprint density at radius 1 is 1.24 bits per heavy atom. The molecule has 0 aliphatic carbocycles. The predicted molar refractivity (Wildman–Crippen MR) is 75.0 cm³/mol. The molecule has 1 rings (SSSR count). The zero-order valence-electron chi connectivity index (χ0n) is 11.2. The van der Waals surface area contributed by atoms with Crippen LogP contribution in [-0.2, 0) is 4.43 Å². The largest absolute Gasteiger partial charge is 0.497 e. The highest BCUT2D eigenvalue weighted by molar-refractivity contribution is 6.69. The summed E-state index contributed by atoms with van der Waals surface area (Å²) >= 11 is 0. The Morgan fingerprint density at radius 2 is 1.82 bits per heavy atom. The summed E-state index contributed by atoms with van der Waals surface area (Å²) in [7, 11) is 0.134. The van der Waals surface area contributed by atoms with E-state index in [1.54, 1.807) is 7.11 Å². The average molecular weight is 250 g/mol. The molecule has 0 radical (unpaired) electrons. The third-order valence-corrected chi connectivity index (χ3v) is 3.36. The van der Waals surface area contributed by atoms with Gasteiger partial charge in [0.15, 0.2) is 8.32 Å². The van der Waals surface area contributed by atoms with E-state index < -0.39 is 8.32 Å². The van der Waals surface area contributed by atoms with Crippen LogP contribution in [0, 0.1) is 0 Å². The van der Waals surface area contributed by atoms with Crippen LogP contribution in [0.4, 0.5) is 0 Å². The molecule has 1 atom stereocenters. The van der Waals surface area contributed by atoms with Crippen molar-refractivity contribution in [2.45, 2.75) is 32.2 Å². The van der Waals surface area contributed by atoms with Crippen molar-refractivity contribution in [3.63, 3.8) is 0 Å². The van der Waals surface area contributed by atoms with E-state index in [1.165, 1.54) is 5.56 Å². The molecule has 1 unspecified atom stereocenters. The summed E-state index contributed by atoms with van der Waals surface area (Å²) in [6.07, 6.45) is 2.87. The fourth-order valence-corrected chi connectivity index (χ4v) is 2.73. The van der Waals surface area contributed by atoms with E-state index in [9.17, 15) is 0 Å². The van der Waals surface area contributed by atoms with Crippen LogP contribution in [0.2, 0.25) is 19.6 Å². The van der Waals surface area contributed by atoms with E-state index in [1.807, 2.05) is 18.2 Å². The van der Waals surface area contributed by atoms with E-state index in [2.05, 4.69) is 38.4 Å².